The monoisotopic (exact) mass is 284 g/mol. The Morgan fingerprint density at radius 2 is 2.05 bits per heavy atom. The molecule has 1 unspecified atom stereocenters. The van der Waals surface area contributed by atoms with Crippen molar-refractivity contribution in [1.82, 2.24) is 4.98 Å². The van der Waals surface area contributed by atoms with Crippen LogP contribution in [-0.2, 0) is 4.74 Å². The van der Waals surface area contributed by atoms with Crippen LogP contribution in [-0.4, -0.2) is 24.2 Å². The van der Waals surface area contributed by atoms with E-state index >= 15 is 0 Å². The highest BCUT2D eigenvalue weighted by atomic mass is 16.5. The molecule has 0 aliphatic carbocycles. The number of anilines is 1. The van der Waals surface area contributed by atoms with E-state index in [1.165, 1.54) is 34.9 Å². The molecule has 0 bridgehead atoms. The number of nitrogens with zero attached hydrogens (tertiary/aromatic N) is 1. The molecule has 2 heterocycles. The zero-order valence-electron chi connectivity index (χ0n) is 13.2. The second kappa shape index (κ2) is 6.02. The Morgan fingerprint density at radius 3 is 2.81 bits per heavy atom. The van der Waals surface area contributed by atoms with Crippen LogP contribution in [0, 0.1) is 20.8 Å². The van der Waals surface area contributed by atoms with Crippen molar-refractivity contribution in [1.29, 1.82) is 0 Å². The van der Waals surface area contributed by atoms with Crippen molar-refractivity contribution in [2.75, 3.05) is 18.5 Å². The van der Waals surface area contributed by atoms with E-state index in [9.17, 15) is 0 Å². The molecule has 3 nitrogen and oxygen atoms in total. The van der Waals surface area contributed by atoms with E-state index < -0.39 is 0 Å². The minimum absolute atomic E-state index is 0.329. The Balaban J connectivity index is 1.83. The lowest BCUT2D eigenvalue weighted by atomic mass is 10.0. The Bertz CT molecular complexity index is 645. The molecule has 0 saturated carbocycles. The standard InChI is InChI=1S/C18H24N2O/c1-12-7-8-16-13(2)10-17(20-18(16)14(12)3)19-11-15-6-4-5-9-21-15/h7-8,10,15H,4-6,9,11H2,1-3H3,(H,19,20). The summed E-state index contributed by atoms with van der Waals surface area (Å²) in [6, 6.07) is 6.49. The number of rotatable bonds is 3. The molecule has 1 atom stereocenters. The van der Waals surface area contributed by atoms with E-state index in [4.69, 9.17) is 9.72 Å². The first-order valence-corrected chi connectivity index (χ1v) is 7.88. The summed E-state index contributed by atoms with van der Waals surface area (Å²) in [6.45, 7) is 8.19. The second-order valence-electron chi connectivity index (χ2n) is 6.10. The largest absolute Gasteiger partial charge is 0.376 e. The van der Waals surface area contributed by atoms with Crippen molar-refractivity contribution in [3.05, 3.63) is 34.9 Å². The van der Waals surface area contributed by atoms with Crippen molar-refractivity contribution in [2.24, 2.45) is 0 Å². The Morgan fingerprint density at radius 1 is 1.19 bits per heavy atom. The number of hydrogen-bond donors (Lipinski definition) is 1. The average molecular weight is 284 g/mol. The van der Waals surface area contributed by atoms with Gasteiger partial charge in [-0.1, -0.05) is 12.1 Å². The molecule has 0 radical (unpaired) electrons. The van der Waals surface area contributed by atoms with Gasteiger partial charge in [0.25, 0.3) is 0 Å². The van der Waals surface area contributed by atoms with Gasteiger partial charge in [0.2, 0.25) is 0 Å². The molecule has 2 aromatic rings. The number of ether oxygens (including phenoxy) is 1. The highest BCUT2D eigenvalue weighted by Gasteiger charge is 2.14. The Hall–Kier alpha value is -1.61. The normalized spacial score (nSPS) is 18.9. The average Bonchev–Trinajstić information content (AvgIpc) is 2.50. The first-order valence-electron chi connectivity index (χ1n) is 7.88. The van der Waals surface area contributed by atoms with Gasteiger partial charge in [0, 0.05) is 18.5 Å². The first kappa shape index (κ1) is 14.3. The van der Waals surface area contributed by atoms with E-state index in [0.717, 1.165) is 30.9 Å². The van der Waals surface area contributed by atoms with Crippen LogP contribution in [0.5, 0.6) is 0 Å². The van der Waals surface area contributed by atoms with Gasteiger partial charge in [-0.3, -0.25) is 0 Å². The molecule has 3 heteroatoms. The first-order chi connectivity index (χ1) is 10.1. The minimum Gasteiger partial charge on any atom is -0.376 e. The summed E-state index contributed by atoms with van der Waals surface area (Å²) >= 11 is 0. The molecule has 1 aliphatic rings. The van der Waals surface area contributed by atoms with Gasteiger partial charge in [0.05, 0.1) is 11.6 Å². The molecule has 1 aromatic heterocycles. The summed E-state index contributed by atoms with van der Waals surface area (Å²) in [7, 11) is 0. The highest BCUT2D eigenvalue weighted by molar-refractivity contribution is 5.87. The number of nitrogens with one attached hydrogen (secondary N) is 1. The number of aryl methyl sites for hydroxylation is 3. The molecule has 1 fully saturated rings. The zero-order valence-corrected chi connectivity index (χ0v) is 13.2. The van der Waals surface area contributed by atoms with E-state index in [1.807, 2.05) is 0 Å². The third kappa shape index (κ3) is 3.03. The van der Waals surface area contributed by atoms with Crippen LogP contribution < -0.4 is 5.32 Å². The van der Waals surface area contributed by atoms with Crippen molar-refractivity contribution < 1.29 is 4.74 Å². The minimum atomic E-state index is 0.329. The smallest absolute Gasteiger partial charge is 0.127 e. The van der Waals surface area contributed by atoms with Gasteiger partial charge in [-0.15, -0.1) is 0 Å². The molecule has 0 spiro atoms. The van der Waals surface area contributed by atoms with Crippen LogP contribution in [0.25, 0.3) is 10.9 Å². The molecule has 0 amide bonds. The third-order valence-corrected chi connectivity index (χ3v) is 4.50. The summed E-state index contributed by atoms with van der Waals surface area (Å²) in [4.78, 5) is 4.81. The number of fused-ring (bicyclic) bond motifs is 1. The summed E-state index contributed by atoms with van der Waals surface area (Å²) in [5.74, 6) is 0.961. The molecule has 1 aromatic carbocycles. The maximum absolute atomic E-state index is 5.77. The molecule has 3 rings (SSSR count). The van der Waals surface area contributed by atoms with Crippen molar-refractivity contribution in [3.8, 4) is 0 Å². The zero-order chi connectivity index (χ0) is 14.8. The van der Waals surface area contributed by atoms with Gasteiger partial charge in [-0.2, -0.15) is 0 Å². The number of hydrogen-bond acceptors (Lipinski definition) is 3. The highest BCUT2D eigenvalue weighted by Crippen LogP contribution is 2.25. The van der Waals surface area contributed by atoms with Gasteiger partial charge < -0.3 is 10.1 Å². The molecule has 1 saturated heterocycles. The lowest BCUT2D eigenvalue weighted by Gasteiger charge is -2.23. The second-order valence-corrected chi connectivity index (χ2v) is 6.10. The molecule has 21 heavy (non-hydrogen) atoms. The maximum Gasteiger partial charge on any atom is 0.127 e. The van der Waals surface area contributed by atoms with E-state index in [1.54, 1.807) is 0 Å². The molecule has 112 valence electrons. The lowest BCUT2D eigenvalue weighted by Crippen LogP contribution is -2.27. The van der Waals surface area contributed by atoms with Crippen LogP contribution in [0.15, 0.2) is 18.2 Å². The van der Waals surface area contributed by atoms with Gasteiger partial charge in [0.15, 0.2) is 0 Å². The maximum atomic E-state index is 5.77. The summed E-state index contributed by atoms with van der Waals surface area (Å²) in [5, 5.41) is 4.71. The summed E-state index contributed by atoms with van der Waals surface area (Å²) < 4.78 is 5.77. The fraction of sp³-hybridized carbons (Fsp3) is 0.500. The van der Waals surface area contributed by atoms with Gasteiger partial charge >= 0.3 is 0 Å². The van der Waals surface area contributed by atoms with Crippen molar-refractivity contribution in [2.45, 2.75) is 46.1 Å². The van der Waals surface area contributed by atoms with Crippen LogP contribution in [0.3, 0.4) is 0 Å². The van der Waals surface area contributed by atoms with Crippen molar-refractivity contribution >= 4 is 16.7 Å². The Labute approximate surface area is 126 Å². The summed E-state index contributed by atoms with van der Waals surface area (Å²) in [6.07, 6.45) is 3.95. The van der Waals surface area contributed by atoms with Crippen LogP contribution in [0.1, 0.15) is 36.0 Å². The number of aromatic nitrogens is 1. The molecular weight excluding hydrogens is 260 g/mol. The SMILES string of the molecule is Cc1ccc2c(C)cc(NCC3CCCCO3)nc2c1C. The molecule has 1 aliphatic heterocycles. The quantitative estimate of drug-likeness (QED) is 0.919. The van der Waals surface area contributed by atoms with Crippen LogP contribution in [0.4, 0.5) is 5.82 Å². The van der Waals surface area contributed by atoms with Crippen molar-refractivity contribution in [3.63, 3.8) is 0 Å². The predicted octanol–water partition coefficient (Wildman–Crippen LogP) is 4.14. The Kier molecular flexibility index (Phi) is 4.11. The number of benzene rings is 1. The fourth-order valence-corrected chi connectivity index (χ4v) is 2.98. The molecule has 1 N–H and O–H groups in total. The van der Waals surface area contributed by atoms with Gasteiger partial charge in [-0.25, -0.2) is 4.98 Å². The van der Waals surface area contributed by atoms with E-state index in [0.29, 0.717) is 6.10 Å². The summed E-state index contributed by atoms with van der Waals surface area (Å²) in [5.41, 5.74) is 4.95. The lowest BCUT2D eigenvalue weighted by molar-refractivity contribution is 0.0247. The third-order valence-electron chi connectivity index (χ3n) is 4.50. The van der Waals surface area contributed by atoms with Crippen LogP contribution >= 0.6 is 0 Å². The van der Waals surface area contributed by atoms with E-state index in [2.05, 4.69) is 44.3 Å². The molecular formula is C18H24N2O. The topological polar surface area (TPSA) is 34.1 Å². The van der Waals surface area contributed by atoms with Gasteiger partial charge in [-0.05, 0) is 62.8 Å². The predicted molar refractivity (Wildman–Crippen MR) is 88.0 cm³/mol. The van der Waals surface area contributed by atoms with Gasteiger partial charge in [0.1, 0.15) is 5.82 Å². The fourth-order valence-electron chi connectivity index (χ4n) is 2.98. The number of pyridine rings is 1. The van der Waals surface area contributed by atoms with Crippen LogP contribution in [0.2, 0.25) is 0 Å². The van der Waals surface area contributed by atoms with E-state index in [-0.39, 0.29) is 0 Å².